The van der Waals surface area contributed by atoms with Gasteiger partial charge in [0.2, 0.25) is 0 Å². The summed E-state index contributed by atoms with van der Waals surface area (Å²) in [5.41, 5.74) is 0.536. The Labute approximate surface area is 103 Å². The molecule has 86 valence electrons. The van der Waals surface area contributed by atoms with Gasteiger partial charge in [-0.25, -0.2) is 4.98 Å². The van der Waals surface area contributed by atoms with Crippen LogP contribution in [0.3, 0.4) is 0 Å². The second kappa shape index (κ2) is 4.63. The van der Waals surface area contributed by atoms with Crippen molar-refractivity contribution >= 4 is 21.7 Å². The highest BCUT2D eigenvalue weighted by Crippen LogP contribution is 2.38. The minimum atomic E-state index is -0.377. The number of pyridine rings is 1. The van der Waals surface area contributed by atoms with E-state index in [4.69, 9.17) is 4.74 Å². The smallest absolute Gasteiger partial charge is 0.133 e. The van der Waals surface area contributed by atoms with E-state index in [1.165, 1.54) is 0 Å². The Balaban J connectivity index is 2.31. The van der Waals surface area contributed by atoms with Crippen LogP contribution in [0.2, 0.25) is 0 Å². The van der Waals surface area contributed by atoms with Crippen molar-refractivity contribution in [1.82, 2.24) is 4.98 Å². The average molecular weight is 284 g/mol. The molecule has 0 saturated heterocycles. The van der Waals surface area contributed by atoms with Crippen molar-refractivity contribution in [3.8, 4) is 0 Å². The standard InChI is InChI=1S/C12H14BrNO2/c1-16-12(7-5-9(15)6-8-12)10-3-2-4-11(13)14-10/h2-4H,5-8H2,1H3. The molecule has 0 atom stereocenters. The van der Waals surface area contributed by atoms with Crippen molar-refractivity contribution < 1.29 is 9.53 Å². The number of hydrogen-bond donors (Lipinski definition) is 0. The summed E-state index contributed by atoms with van der Waals surface area (Å²) in [5.74, 6) is 0.322. The van der Waals surface area contributed by atoms with E-state index in [2.05, 4.69) is 20.9 Å². The molecule has 0 radical (unpaired) electrons. The average Bonchev–Trinajstić information content (AvgIpc) is 2.31. The fraction of sp³-hybridized carbons (Fsp3) is 0.500. The quantitative estimate of drug-likeness (QED) is 0.784. The third-order valence-corrected chi connectivity index (χ3v) is 3.63. The molecule has 1 aliphatic carbocycles. The fourth-order valence-electron chi connectivity index (χ4n) is 2.16. The number of halogens is 1. The lowest BCUT2D eigenvalue weighted by atomic mass is 9.81. The molecule has 2 rings (SSSR count). The number of methoxy groups -OCH3 is 1. The topological polar surface area (TPSA) is 39.2 Å². The summed E-state index contributed by atoms with van der Waals surface area (Å²) in [5, 5.41) is 0. The van der Waals surface area contributed by atoms with Crippen LogP contribution in [-0.2, 0) is 15.1 Å². The zero-order valence-corrected chi connectivity index (χ0v) is 10.8. The molecule has 0 amide bonds. The van der Waals surface area contributed by atoms with Crippen LogP contribution in [0.25, 0.3) is 0 Å². The lowest BCUT2D eigenvalue weighted by molar-refractivity contribution is -0.128. The lowest BCUT2D eigenvalue weighted by Gasteiger charge is -2.34. The zero-order valence-electron chi connectivity index (χ0n) is 9.20. The van der Waals surface area contributed by atoms with Gasteiger partial charge in [-0.2, -0.15) is 0 Å². The SMILES string of the molecule is COC1(c2cccc(Br)n2)CCC(=O)CC1. The summed E-state index contributed by atoms with van der Waals surface area (Å²) in [6.45, 7) is 0. The maximum Gasteiger partial charge on any atom is 0.133 e. The van der Waals surface area contributed by atoms with Gasteiger partial charge in [0.05, 0.1) is 5.69 Å². The maximum atomic E-state index is 11.3. The van der Waals surface area contributed by atoms with E-state index >= 15 is 0 Å². The number of carbonyl (C=O) groups is 1. The molecule has 1 aromatic rings. The van der Waals surface area contributed by atoms with E-state index in [0.717, 1.165) is 23.1 Å². The molecule has 4 heteroatoms. The Kier molecular flexibility index (Phi) is 3.40. The van der Waals surface area contributed by atoms with Crippen LogP contribution in [0, 0.1) is 0 Å². The number of ether oxygens (including phenoxy) is 1. The van der Waals surface area contributed by atoms with Gasteiger partial charge in [0.1, 0.15) is 16.0 Å². The van der Waals surface area contributed by atoms with Gasteiger partial charge in [-0.1, -0.05) is 6.07 Å². The maximum absolute atomic E-state index is 11.3. The minimum Gasteiger partial charge on any atom is -0.372 e. The second-order valence-corrected chi connectivity index (χ2v) is 4.90. The van der Waals surface area contributed by atoms with Gasteiger partial charge >= 0.3 is 0 Å². The van der Waals surface area contributed by atoms with Crippen LogP contribution in [0.5, 0.6) is 0 Å². The van der Waals surface area contributed by atoms with Crippen molar-refractivity contribution in [2.75, 3.05) is 7.11 Å². The molecule has 1 aliphatic rings. The molecule has 16 heavy (non-hydrogen) atoms. The van der Waals surface area contributed by atoms with E-state index in [-0.39, 0.29) is 5.60 Å². The highest BCUT2D eigenvalue weighted by Gasteiger charge is 2.37. The molecule has 3 nitrogen and oxygen atoms in total. The predicted molar refractivity (Wildman–Crippen MR) is 64.1 cm³/mol. The van der Waals surface area contributed by atoms with E-state index in [0.29, 0.717) is 18.6 Å². The summed E-state index contributed by atoms with van der Waals surface area (Å²) >= 11 is 3.36. The van der Waals surface area contributed by atoms with Crippen LogP contribution >= 0.6 is 15.9 Å². The third-order valence-electron chi connectivity index (χ3n) is 3.19. The van der Waals surface area contributed by atoms with Crippen LogP contribution in [-0.4, -0.2) is 17.9 Å². The molecule has 0 unspecified atom stereocenters. The molecule has 1 fully saturated rings. The van der Waals surface area contributed by atoms with Gasteiger partial charge in [0.25, 0.3) is 0 Å². The number of aromatic nitrogens is 1. The Morgan fingerprint density at radius 2 is 2.06 bits per heavy atom. The second-order valence-electron chi connectivity index (χ2n) is 4.08. The first-order valence-corrected chi connectivity index (χ1v) is 6.15. The number of carbonyl (C=O) groups excluding carboxylic acids is 1. The number of nitrogens with zero attached hydrogens (tertiary/aromatic N) is 1. The van der Waals surface area contributed by atoms with E-state index in [9.17, 15) is 4.79 Å². The van der Waals surface area contributed by atoms with Gasteiger partial charge in [-0.3, -0.25) is 4.79 Å². The first-order valence-electron chi connectivity index (χ1n) is 5.36. The third kappa shape index (κ3) is 2.18. The van der Waals surface area contributed by atoms with Crippen molar-refractivity contribution in [3.05, 3.63) is 28.5 Å². The summed E-state index contributed by atoms with van der Waals surface area (Å²) in [6.07, 6.45) is 2.63. The van der Waals surface area contributed by atoms with Gasteiger partial charge in [0.15, 0.2) is 0 Å². The number of rotatable bonds is 2. The van der Waals surface area contributed by atoms with Gasteiger partial charge in [-0.15, -0.1) is 0 Å². The Morgan fingerprint density at radius 1 is 1.38 bits per heavy atom. The Hall–Kier alpha value is -0.740. The molecule has 0 spiro atoms. The van der Waals surface area contributed by atoms with E-state index < -0.39 is 0 Å². The van der Waals surface area contributed by atoms with E-state index in [1.807, 2.05) is 18.2 Å². The summed E-state index contributed by atoms with van der Waals surface area (Å²) < 4.78 is 6.44. The molecule has 0 N–H and O–H groups in total. The highest BCUT2D eigenvalue weighted by molar-refractivity contribution is 9.10. The van der Waals surface area contributed by atoms with Crippen molar-refractivity contribution in [1.29, 1.82) is 0 Å². The van der Waals surface area contributed by atoms with Crippen molar-refractivity contribution in [2.24, 2.45) is 0 Å². The molecule has 1 heterocycles. The fourth-order valence-corrected chi connectivity index (χ4v) is 2.50. The van der Waals surface area contributed by atoms with Crippen molar-refractivity contribution in [2.45, 2.75) is 31.3 Å². The van der Waals surface area contributed by atoms with Crippen molar-refractivity contribution in [3.63, 3.8) is 0 Å². The predicted octanol–water partition coefficient (Wildman–Crippen LogP) is 2.83. The molecule has 0 bridgehead atoms. The first kappa shape index (κ1) is 11.7. The molecular formula is C12H14BrNO2. The minimum absolute atomic E-state index is 0.322. The van der Waals surface area contributed by atoms with Crippen LogP contribution in [0.15, 0.2) is 22.8 Å². The van der Waals surface area contributed by atoms with Crippen LogP contribution in [0.4, 0.5) is 0 Å². The lowest BCUT2D eigenvalue weighted by Crippen LogP contribution is -2.34. The Bertz CT molecular complexity index is 396. The zero-order chi connectivity index (χ0) is 11.6. The Morgan fingerprint density at radius 3 is 2.62 bits per heavy atom. The number of ketones is 1. The molecule has 1 aromatic heterocycles. The molecular weight excluding hydrogens is 270 g/mol. The first-order chi connectivity index (χ1) is 7.66. The highest BCUT2D eigenvalue weighted by atomic mass is 79.9. The van der Waals surface area contributed by atoms with Crippen LogP contribution < -0.4 is 0 Å². The molecule has 0 aliphatic heterocycles. The summed E-state index contributed by atoms with van der Waals surface area (Å²) in [6, 6.07) is 5.80. The molecule has 0 aromatic carbocycles. The largest absolute Gasteiger partial charge is 0.372 e. The van der Waals surface area contributed by atoms with E-state index in [1.54, 1.807) is 7.11 Å². The van der Waals surface area contributed by atoms with Gasteiger partial charge < -0.3 is 4.74 Å². The van der Waals surface area contributed by atoms with Gasteiger partial charge in [0, 0.05) is 20.0 Å². The van der Waals surface area contributed by atoms with Crippen LogP contribution in [0.1, 0.15) is 31.4 Å². The summed E-state index contributed by atoms with van der Waals surface area (Å²) in [4.78, 5) is 15.7. The summed E-state index contributed by atoms with van der Waals surface area (Å²) in [7, 11) is 1.69. The van der Waals surface area contributed by atoms with Gasteiger partial charge in [-0.05, 0) is 40.9 Å². The normalized spacial score (nSPS) is 19.8. The number of Topliss-reactive ketones (excluding diaryl/α,β-unsaturated/α-hetero) is 1. The molecule has 1 saturated carbocycles. The number of hydrogen-bond acceptors (Lipinski definition) is 3. The monoisotopic (exact) mass is 283 g/mol.